The van der Waals surface area contributed by atoms with Crippen LogP contribution in [0.15, 0.2) is 22.7 Å². The molecule has 0 aliphatic heterocycles. The highest BCUT2D eigenvalue weighted by atomic mass is 79.9. The number of carbonyl (C=O) groups is 2. The summed E-state index contributed by atoms with van der Waals surface area (Å²) in [6, 6.07) is 4.97. The third-order valence-corrected chi connectivity index (χ3v) is 3.39. The van der Waals surface area contributed by atoms with Crippen LogP contribution in [0.2, 0.25) is 0 Å². The van der Waals surface area contributed by atoms with Crippen molar-refractivity contribution in [2.24, 2.45) is 0 Å². The van der Waals surface area contributed by atoms with Gasteiger partial charge in [0.05, 0.1) is 0 Å². The van der Waals surface area contributed by atoms with E-state index < -0.39 is 17.7 Å². The number of benzene rings is 1. The first kappa shape index (κ1) is 16.7. The lowest BCUT2D eigenvalue weighted by Gasteiger charge is -2.28. The summed E-state index contributed by atoms with van der Waals surface area (Å²) in [5, 5.41) is 0. The average molecular weight is 342 g/mol. The molecule has 4 nitrogen and oxygen atoms in total. The molecule has 1 unspecified atom stereocenters. The van der Waals surface area contributed by atoms with Crippen LogP contribution in [0.5, 0.6) is 0 Å². The lowest BCUT2D eigenvalue weighted by molar-refractivity contribution is -0.112. The molecule has 1 atom stereocenters. The van der Waals surface area contributed by atoms with E-state index in [9.17, 15) is 9.59 Å². The van der Waals surface area contributed by atoms with Crippen molar-refractivity contribution < 1.29 is 14.3 Å². The third kappa shape index (κ3) is 4.34. The zero-order chi connectivity index (χ0) is 15.5. The molecule has 0 fully saturated rings. The minimum absolute atomic E-state index is 0.526. The van der Waals surface area contributed by atoms with E-state index in [2.05, 4.69) is 15.9 Å². The fraction of sp³-hybridized carbons (Fsp3) is 0.467. The number of carbonyl (C=O) groups excluding carboxylic acids is 2. The lowest BCUT2D eigenvalue weighted by atomic mass is 10.1. The van der Waals surface area contributed by atoms with Gasteiger partial charge in [-0.2, -0.15) is 0 Å². The first-order chi connectivity index (χ1) is 9.15. The van der Waals surface area contributed by atoms with Crippen molar-refractivity contribution in [2.45, 2.75) is 39.3 Å². The molecule has 1 amide bonds. The number of aryl methyl sites for hydroxylation is 1. The molecular formula is C15H20BrNO3. The molecular weight excluding hydrogens is 322 g/mol. The normalized spacial score (nSPS) is 12.7. The van der Waals surface area contributed by atoms with Crippen molar-refractivity contribution in [1.29, 1.82) is 0 Å². The van der Waals surface area contributed by atoms with Crippen molar-refractivity contribution in [3.8, 4) is 0 Å². The second kappa shape index (κ2) is 6.39. The van der Waals surface area contributed by atoms with Crippen LogP contribution in [0.3, 0.4) is 0 Å². The minimum atomic E-state index is -0.681. The third-order valence-electron chi connectivity index (χ3n) is 2.70. The highest BCUT2D eigenvalue weighted by Gasteiger charge is 2.27. The van der Waals surface area contributed by atoms with Crippen LogP contribution < -0.4 is 0 Å². The number of halogens is 1. The Morgan fingerprint density at radius 1 is 1.40 bits per heavy atom. The van der Waals surface area contributed by atoms with Gasteiger partial charge in [0.1, 0.15) is 17.9 Å². The molecule has 0 aliphatic rings. The van der Waals surface area contributed by atoms with Gasteiger partial charge in [0.25, 0.3) is 0 Å². The second-order valence-corrected chi connectivity index (χ2v) is 6.55. The Hall–Kier alpha value is -1.36. The summed E-state index contributed by atoms with van der Waals surface area (Å²) in [6.07, 6.45) is 0.210. The van der Waals surface area contributed by atoms with Gasteiger partial charge in [0.15, 0.2) is 0 Å². The van der Waals surface area contributed by atoms with Gasteiger partial charge in [-0.05, 0) is 44.9 Å². The molecule has 110 valence electrons. The van der Waals surface area contributed by atoms with E-state index in [4.69, 9.17) is 4.74 Å². The minimum Gasteiger partial charge on any atom is -0.444 e. The summed E-state index contributed by atoms with van der Waals surface area (Å²) in [4.78, 5) is 24.7. The van der Waals surface area contributed by atoms with Crippen LogP contribution in [0.25, 0.3) is 0 Å². The van der Waals surface area contributed by atoms with Crippen LogP contribution in [0.4, 0.5) is 4.79 Å². The Kier molecular flexibility index (Phi) is 5.34. The number of rotatable bonds is 3. The number of hydrogen-bond donors (Lipinski definition) is 0. The molecule has 0 spiro atoms. The van der Waals surface area contributed by atoms with E-state index in [1.54, 1.807) is 27.8 Å². The SMILES string of the molecule is Cc1ccc(C(C=O)N(C)C(=O)OC(C)(C)C)c(Br)c1. The van der Waals surface area contributed by atoms with E-state index in [-0.39, 0.29) is 0 Å². The van der Waals surface area contributed by atoms with Gasteiger partial charge < -0.3 is 9.53 Å². The lowest BCUT2D eigenvalue weighted by Crippen LogP contribution is -2.37. The predicted octanol–water partition coefficient (Wildman–Crippen LogP) is 3.86. The van der Waals surface area contributed by atoms with Crippen molar-refractivity contribution in [2.75, 3.05) is 7.05 Å². The molecule has 1 rings (SSSR count). The highest BCUT2D eigenvalue weighted by molar-refractivity contribution is 9.10. The smallest absolute Gasteiger partial charge is 0.410 e. The van der Waals surface area contributed by atoms with Gasteiger partial charge in [0, 0.05) is 11.5 Å². The van der Waals surface area contributed by atoms with E-state index in [0.717, 1.165) is 21.9 Å². The van der Waals surface area contributed by atoms with Crippen molar-refractivity contribution >= 4 is 28.3 Å². The van der Waals surface area contributed by atoms with Crippen LogP contribution in [-0.2, 0) is 9.53 Å². The van der Waals surface area contributed by atoms with Gasteiger partial charge in [-0.3, -0.25) is 4.90 Å². The van der Waals surface area contributed by atoms with E-state index in [0.29, 0.717) is 0 Å². The summed E-state index contributed by atoms with van der Waals surface area (Å²) >= 11 is 3.43. The zero-order valence-electron chi connectivity index (χ0n) is 12.4. The Morgan fingerprint density at radius 2 is 2.00 bits per heavy atom. The molecule has 5 heteroatoms. The number of ether oxygens (including phenoxy) is 1. The Balaban J connectivity index is 3.01. The quantitative estimate of drug-likeness (QED) is 0.784. The molecule has 1 aromatic carbocycles. The number of hydrogen-bond acceptors (Lipinski definition) is 3. The summed E-state index contributed by atoms with van der Waals surface area (Å²) in [6.45, 7) is 7.32. The molecule has 0 saturated heterocycles. The van der Waals surface area contributed by atoms with Crippen LogP contribution in [0.1, 0.15) is 37.9 Å². The number of likely N-dealkylation sites (N-methyl/N-ethyl adjacent to an activating group) is 1. The Labute approximate surface area is 128 Å². The number of amides is 1. The molecule has 20 heavy (non-hydrogen) atoms. The fourth-order valence-corrected chi connectivity index (χ4v) is 2.42. The molecule has 0 saturated carbocycles. The van der Waals surface area contributed by atoms with Gasteiger partial charge in [-0.25, -0.2) is 4.79 Å². The average Bonchev–Trinajstić information content (AvgIpc) is 2.30. The van der Waals surface area contributed by atoms with Gasteiger partial charge in [-0.1, -0.05) is 28.1 Å². The van der Waals surface area contributed by atoms with E-state index in [1.165, 1.54) is 4.90 Å². The summed E-state index contributed by atoms with van der Waals surface area (Å²) < 4.78 is 6.08. The van der Waals surface area contributed by atoms with Gasteiger partial charge in [-0.15, -0.1) is 0 Å². The van der Waals surface area contributed by atoms with Crippen molar-refractivity contribution in [3.63, 3.8) is 0 Å². The Morgan fingerprint density at radius 3 is 2.45 bits per heavy atom. The van der Waals surface area contributed by atoms with Crippen molar-refractivity contribution in [3.05, 3.63) is 33.8 Å². The topological polar surface area (TPSA) is 46.6 Å². The first-order valence-corrected chi connectivity index (χ1v) is 7.12. The number of nitrogens with zero attached hydrogens (tertiary/aromatic N) is 1. The summed E-state index contributed by atoms with van der Waals surface area (Å²) in [7, 11) is 1.55. The molecule has 0 aromatic heterocycles. The Bertz CT molecular complexity index is 508. The second-order valence-electron chi connectivity index (χ2n) is 5.70. The molecule has 0 bridgehead atoms. The molecule has 0 heterocycles. The summed E-state index contributed by atoms with van der Waals surface area (Å²) in [5.74, 6) is 0. The van der Waals surface area contributed by atoms with Gasteiger partial charge in [0.2, 0.25) is 0 Å². The standard InChI is InChI=1S/C15H20BrNO3/c1-10-6-7-11(12(16)8-10)13(9-18)17(5)14(19)20-15(2,3)4/h6-9,13H,1-5H3. The monoisotopic (exact) mass is 341 g/mol. The highest BCUT2D eigenvalue weighted by Crippen LogP contribution is 2.27. The van der Waals surface area contributed by atoms with E-state index in [1.807, 2.05) is 25.1 Å². The van der Waals surface area contributed by atoms with Crippen LogP contribution >= 0.6 is 15.9 Å². The maximum Gasteiger partial charge on any atom is 0.410 e. The molecule has 0 N–H and O–H groups in total. The fourth-order valence-electron chi connectivity index (χ4n) is 1.69. The molecule has 1 aromatic rings. The predicted molar refractivity (Wildman–Crippen MR) is 81.7 cm³/mol. The largest absolute Gasteiger partial charge is 0.444 e. The maximum atomic E-state index is 12.0. The van der Waals surface area contributed by atoms with Crippen molar-refractivity contribution in [1.82, 2.24) is 4.90 Å². The van der Waals surface area contributed by atoms with Crippen LogP contribution in [-0.4, -0.2) is 29.9 Å². The van der Waals surface area contributed by atoms with Crippen LogP contribution in [0, 0.1) is 6.92 Å². The van der Waals surface area contributed by atoms with Gasteiger partial charge >= 0.3 is 6.09 Å². The molecule has 0 radical (unpaired) electrons. The number of aldehydes is 1. The zero-order valence-corrected chi connectivity index (χ0v) is 14.0. The summed E-state index contributed by atoms with van der Waals surface area (Å²) in [5.41, 5.74) is 1.22. The maximum absolute atomic E-state index is 12.0. The van der Waals surface area contributed by atoms with E-state index >= 15 is 0 Å². The molecule has 0 aliphatic carbocycles. The first-order valence-electron chi connectivity index (χ1n) is 6.33.